The smallest absolute Gasteiger partial charge is 0.305 e. The predicted octanol–water partition coefficient (Wildman–Crippen LogP) is 1.90. The van der Waals surface area contributed by atoms with Crippen LogP contribution in [0.1, 0.15) is 45.0 Å². The number of carboxylic acids is 1. The van der Waals surface area contributed by atoms with Crippen LogP contribution in [0.15, 0.2) is 6.07 Å². The highest BCUT2D eigenvalue weighted by molar-refractivity contribution is 5.77. The number of hydrogen-bond donors (Lipinski definition) is 2. The van der Waals surface area contributed by atoms with E-state index in [1.165, 1.54) is 0 Å². The molecule has 1 aromatic rings. The van der Waals surface area contributed by atoms with Gasteiger partial charge in [-0.25, -0.2) is 0 Å². The van der Waals surface area contributed by atoms with Gasteiger partial charge in [-0.15, -0.1) is 0 Å². The molecule has 0 aliphatic heterocycles. The van der Waals surface area contributed by atoms with E-state index in [9.17, 15) is 9.59 Å². The van der Waals surface area contributed by atoms with Crippen molar-refractivity contribution < 1.29 is 14.7 Å². The molecule has 0 fully saturated rings. The van der Waals surface area contributed by atoms with Crippen LogP contribution in [0.2, 0.25) is 0 Å². The summed E-state index contributed by atoms with van der Waals surface area (Å²) in [6.07, 6.45) is 0.544. The van der Waals surface area contributed by atoms with E-state index in [0.717, 1.165) is 11.4 Å². The van der Waals surface area contributed by atoms with E-state index >= 15 is 0 Å². The molecule has 1 amide bonds. The van der Waals surface area contributed by atoms with Gasteiger partial charge in [-0.3, -0.25) is 14.3 Å². The number of nitrogens with zero attached hydrogens (tertiary/aromatic N) is 2. The summed E-state index contributed by atoms with van der Waals surface area (Å²) in [6, 6.07) is 1.53. The molecule has 1 atom stereocenters. The van der Waals surface area contributed by atoms with E-state index in [1.54, 1.807) is 4.68 Å². The van der Waals surface area contributed by atoms with Crippen LogP contribution in [0.25, 0.3) is 0 Å². The van der Waals surface area contributed by atoms with Crippen LogP contribution < -0.4 is 5.32 Å². The topological polar surface area (TPSA) is 84.2 Å². The Hall–Kier alpha value is -1.85. The molecular weight excluding hydrogens is 270 g/mol. The van der Waals surface area contributed by atoms with Crippen LogP contribution in [-0.4, -0.2) is 32.8 Å². The Morgan fingerprint density at radius 3 is 2.43 bits per heavy atom. The van der Waals surface area contributed by atoms with Gasteiger partial charge in [0.05, 0.1) is 12.1 Å². The highest BCUT2D eigenvalue weighted by atomic mass is 16.4. The third kappa shape index (κ3) is 6.42. The third-order valence-electron chi connectivity index (χ3n) is 3.04. The van der Waals surface area contributed by atoms with Gasteiger partial charge < -0.3 is 10.4 Å². The molecule has 21 heavy (non-hydrogen) atoms. The molecule has 0 aliphatic rings. The summed E-state index contributed by atoms with van der Waals surface area (Å²) in [5.41, 5.74) is 1.72. The fourth-order valence-electron chi connectivity index (χ4n) is 2.37. The first kappa shape index (κ1) is 17.2. The maximum Gasteiger partial charge on any atom is 0.305 e. The molecule has 0 radical (unpaired) electrons. The number of aliphatic carboxylic acids is 1. The Morgan fingerprint density at radius 2 is 2.00 bits per heavy atom. The zero-order valence-corrected chi connectivity index (χ0v) is 13.4. The second-order valence-corrected chi connectivity index (χ2v) is 6.71. The largest absolute Gasteiger partial charge is 0.481 e. The second kappa shape index (κ2) is 6.74. The van der Waals surface area contributed by atoms with E-state index in [-0.39, 0.29) is 30.3 Å². The molecule has 0 aliphatic carbocycles. The molecular formula is C15H25N3O3. The van der Waals surface area contributed by atoms with E-state index in [1.807, 2.05) is 40.7 Å². The fraction of sp³-hybridized carbons (Fsp3) is 0.667. The third-order valence-corrected chi connectivity index (χ3v) is 3.04. The van der Waals surface area contributed by atoms with Gasteiger partial charge in [-0.2, -0.15) is 5.10 Å². The highest BCUT2D eigenvalue weighted by Crippen LogP contribution is 2.22. The number of aromatic nitrogens is 2. The molecule has 6 heteroatoms. The summed E-state index contributed by atoms with van der Waals surface area (Å²) in [7, 11) is 0. The minimum atomic E-state index is -0.907. The van der Waals surface area contributed by atoms with Gasteiger partial charge in [-0.1, -0.05) is 20.8 Å². The van der Waals surface area contributed by atoms with Crippen molar-refractivity contribution in [3.05, 3.63) is 17.5 Å². The number of rotatable bonds is 6. The number of hydrogen-bond acceptors (Lipinski definition) is 3. The van der Waals surface area contributed by atoms with Crippen LogP contribution in [-0.2, 0) is 16.1 Å². The summed E-state index contributed by atoms with van der Waals surface area (Å²) in [4.78, 5) is 23.0. The lowest BCUT2D eigenvalue weighted by Gasteiger charge is -2.25. The van der Waals surface area contributed by atoms with Crippen molar-refractivity contribution in [2.45, 2.75) is 60.0 Å². The molecule has 1 unspecified atom stereocenters. The maximum absolute atomic E-state index is 12.1. The number of amides is 1. The molecule has 2 N–H and O–H groups in total. The lowest BCUT2D eigenvalue weighted by molar-refractivity contribution is -0.137. The van der Waals surface area contributed by atoms with Crippen molar-refractivity contribution in [3.8, 4) is 0 Å². The summed E-state index contributed by atoms with van der Waals surface area (Å²) >= 11 is 0. The minimum Gasteiger partial charge on any atom is -0.481 e. The van der Waals surface area contributed by atoms with E-state index in [4.69, 9.17) is 5.11 Å². The standard InChI is InChI=1S/C15H25N3O3/c1-10-6-11(2)18(17-10)9-13(19)16-12(7-14(20)21)8-15(3,4)5/h6,12H,7-9H2,1-5H3,(H,16,19)(H,20,21). The molecule has 1 rings (SSSR count). The number of carboxylic acid groups (broad SMARTS) is 1. The molecule has 0 saturated carbocycles. The first-order chi connectivity index (χ1) is 9.56. The fourth-order valence-corrected chi connectivity index (χ4v) is 2.37. The zero-order valence-electron chi connectivity index (χ0n) is 13.4. The lowest BCUT2D eigenvalue weighted by Crippen LogP contribution is -2.40. The van der Waals surface area contributed by atoms with Gasteiger partial charge in [0, 0.05) is 11.7 Å². The summed E-state index contributed by atoms with van der Waals surface area (Å²) in [5.74, 6) is -1.12. The summed E-state index contributed by atoms with van der Waals surface area (Å²) in [6.45, 7) is 9.93. The number of carbonyl (C=O) groups excluding carboxylic acids is 1. The Bertz CT molecular complexity index is 515. The molecule has 0 spiro atoms. The molecule has 0 aromatic carbocycles. The van der Waals surface area contributed by atoms with E-state index in [0.29, 0.717) is 6.42 Å². The Balaban J connectivity index is 2.67. The Kier molecular flexibility index (Phi) is 5.52. The van der Waals surface area contributed by atoms with Gasteiger partial charge in [0.1, 0.15) is 6.54 Å². The molecule has 118 valence electrons. The van der Waals surface area contributed by atoms with Gasteiger partial charge in [0.2, 0.25) is 5.91 Å². The SMILES string of the molecule is Cc1cc(C)n(CC(=O)NC(CC(=O)O)CC(C)(C)C)n1. The normalized spacial score (nSPS) is 13.0. The maximum atomic E-state index is 12.1. The minimum absolute atomic E-state index is 0.0500. The number of aryl methyl sites for hydroxylation is 2. The first-order valence-corrected chi connectivity index (χ1v) is 7.09. The average Bonchev–Trinajstić information content (AvgIpc) is 2.52. The summed E-state index contributed by atoms with van der Waals surface area (Å²) < 4.78 is 1.62. The van der Waals surface area contributed by atoms with Crippen molar-refractivity contribution >= 4 is 11.9 Å². The lowest BCUT2D eigenvalue weighted by atomic mass is 9.87. The van der Waals surface area contributed by atoms with Crippen molar-refractivity contribution in [1.29, 1.82) is 0 Å². The van der Waals surface area contributed by atoms with Crippen molar-refractivity contribution in [1.82, 2.24) is 15.1 Å². The van der Waals surface area contributed by atoms with E-state index < -0.39 is 5.97 Å². The van der Waals surface area contributed by atoms with Crippen LogP contribution in [0.4, 0.5) is 0 Å². The zero-order chi connectivity index (χ0) is 16.2. The van der Waals surface area contributed by atoms with Crippen molar-refractivity contribution in [2.75, 3.05) is 0 Å². The molecule has 1 heterocycles. The second-order valence-electron chi connectivity index (χ2n) is 6.71. The van der Waals surface area contributed by atoms with Crippen molar-refractivity contribution in [3.63, 3.8) is 0 Å². The van der Waals surface area contributed by atoms with E-state index in [2.05, 4.69) is 10.4 Å². The molecule has 0 bridgehead atoms. The van der Waals surface area contributed by atoms with Gasteiger partial charge >= 0.3 is 5.97 Å². The first-order valence-electron chi connectivity index (χ1n) is 7.09. The number of nitrogens with one attached hydrogen (secondary N) is 1. The predicted molar refractivity (Wildman–Crippen MR) is 80.0 cm³/mol. The average molecular weight is 295 g/mol. The van der Waals surface area contributed by atoms with Gasteiger partial charge in [-0.05, 0) is 31.7 Å². The molecule has 1 aromatic heterocycles. The number of carbonyl (C=O) groups is 2. The van der Waals surface area contributed by atoms with Crippen molar-refractivity contribution in [2.24, 2.45) is 5.41 Å². The highest BCUT2D eigenvalue weighted by Gasteiger charge is 2.23. The van der Waals surface area contributed by atoms with Gasteiger partial charge in [0.15, 0.2) is 0 Å². The molecule has 6 nitrogen and oxygen atoms in total. The summed E-state index contributed by atoms with van der Waals surface area (Å²) in [5, 5.41) is 16.0. The molecule has 0 saturated heterocycles. The van der Waals surface area contributed by atoms with Crippen LogP contribution in [0, 0.1) is 19.3 Å². The Morgan fingerprint density at radius 1 is 1.38 bits per heavy atom. The quantitative estimate of drug-likeness (QED) is 0.839. The van der Waals surface area contributed by atoms with Gasteiger partial charge in [0.25, 0.3) is 0 Å². The monoisotopic (exact) mass is 295 g/mol. The van der Waals surface area contributed by atoms with Crippen LogP contribution in [0.3, 0.4) is 0 Å². The van der Waals surface area contributed by atoms with Crippen LogP contribution >= 0.6 is 0 Å². The van der Waals surface area contributed by atoms with Crippen LogP contribution in [0.5, 0.6) is 0 Å². The Labute approximate surface area is 125 Å².